The van der Waals surface area contributed by atoms with Crippen LogP contribution in [0.1, 0.15) is 175 Å². The summed E-state index contributed by atoms with van der Waals surface area (Å²) in [6, 6.07) is 42.0. The number of fused-ring (bicyclic) bond motifs is 9. The molecular weight excluding hydrogens is 1440 g/mol. The fourth-order valence-electron chi connectivity index (χ4n) is 10.4. The van der Waals surface area contributed by atoms with Gasteiger partial charge in [0.15, 0.2) is 5.65 Å². The second kappa shape index (κ2) is 61.7. The molecule has 0 saturated carbocycles. The lowest BCUT2D eigenvalue weighted by atomic mass is 10.1. The molecule has 0 radical (unpaired) electrons. The highest BCUT2D eigenvalue weighted by Gasteiger charge is 2.03. The number of hydrogen-bond acceptors (Lipinski definition) is 17. The fourth-order valence-corrected chi connectivity index (χ4v) is 10.4. The third-order valence-electron chi connectivity index (χ3n) is 16.0. The zero-order chi connectivity index (χ0) is 87.3. The number of imidazole rings is 1. The first-order chi connectivity index (χ1) is 57.3. The molecule has 614 valence electrons. The maximum atomic E-state index is 4.38. The second-order valence-corrected chi connectivity index (χ2v) is 22.9. The van der Waals surface area contributed by atoms with Gasteiger partial charge in [0.05, 0.1) is 56.5 Å². The minimum atomic E-state index is 0.826. The van der Waals surface area contributed by atoms with E-state index in [0.29, 0.717) is 0 Å². The Labute approximate surface area is 697 Å². The van der Waals surface area contributed by atoms with Gasteiger partial charge in [0.2, 0.25) is 0 Å². The number of aryl methyl sites for hydroxylation is 10. The minimum absolute atomic E-state index is 0.826. The van der Waals surface area contributed by atoms with Crippen LogP contribution in [0.5, 0.6) is 0 Å². The topological polar surface area (TPSA) is 224 Å². The summed E-state index contributed by atoms with van der Waals surface area (Å²) in [5, 5.41) is 10.4. The van der Waals surface area contributed by atoms with Crippen LogP contribution in [0.4, 0.5) is 0 Å². The molecule has 18 heteroatoms. The molecule has 0 unspecified atom stereocenters. The third kappa shape index (κ3) is 33.3. The molecule has 3 aromatic carbocycles. The van der Waals surface area contributed by atoms with Gasteiger partial charge in [-0.3, -0.25) is 59.8 Å². The molecule has 0 saturated heterocycles. The maximum Gasteiger partial charge on any atom is 0.159 e. The molecule has 0 aliphatic carbocycles. The molecule has 15 heterocycles. The molecule has 15 aromatic heterocycles. The van der Waals surface area contributed by atoms with Crippen molar-refractivity contribution in [3.63, 3.8) is 0 Å². The molecule has 18 rings (SSSR count). The molecule has 0 spiro atoms. The molecular formula is C99H128N18. The van der Waals surface area contributed by atoms with Gasteiger partial charge >= 0.3 is 0 Å². The molecule has 117 heavy (non-hydrogen) atoms. The van der Waals surface area contributed by atoms with E-state index >= 15 is 0 Å². The van der Waals surface area contributed by atoms with E-state index in [0.717, 1.165) is 77.0 Å². The summed E-state index contributed by atoms with van der Waals surface area (Å²) < 4.78 is 2.09. The van der Waals surface area contributed by atoms with E-state index in [-0.39, 0.29) is 0 Å². The van der Waals surface area contributed by atoms with Crippen molar-refractivity contribution >= 4 is 98.3 Å². The lowest BCUT2D eigenvalue weighted by Gasteiger charge is -1.97. The van der Waals surface area contributed by atoms with Gasteiger partial charge in [-0.25, -0.2) is 24.9 Å². The van der Waals surface area contributed by atoms with Crippen LogP contribution < -0.4 is 0 Å². The Morgan fingerprint density at radius 2 is 0.641 bits per heavy atom. The van der Waals surface area contributed by atoms with Crippen molar-refractivity contribution in [2.45, 2.75) is 187 Å². The summed E-state index contributed by atoms with van der Waals surface area (Å²) in [4.78, 5) is 70.0. The van der Waals surface area contributed by atoms with Gasteiger partial charge in [-0.1, -0.05) is 173 Å². The molecule has 0 N–H and O–H groups in total. The number of para-hydroxylation sites is 4. The highest BCUT2D eigenvalue weighted by atomic mass is 15.0. The SMILES string of the molecule is CC.CC.CC.CC.CC.CC.CC.CC.CC.Cc1cccc2cncnc12.Cc1cccc2nccnc12.Cc1ccnc2ccncc12.Cc1ccnc2cnccc12.Cc1ccnc2ncccc12.Cc1cncc2ccncc12.Cc1cncc2cnccc12.Cc1cncc2ncccc12.Cc1nc2ccccc2n1C. The molecule has 0 bridgehead atoms. The lowest BCUT2D eigenvalue weighted by molar-refractivity contribution is 0.886. The third-order valence-corrected chi connectivity index (χ3v) is 16.0. The smallest absolute Gasteiger partial charge is 0.159 e. The molecule has 18 nitrogen and oxygen atoms in total. The van der Waals surface area contributed by atoms with Crippen LogP contribution in [0.25, 0.3) is 98.3 Å². The average molecular weight is 1570 g/mol. The Morgan fingerprint density at radius 3 is 1.23 bits per heavy atom. The van der Waals surface area contributed by atoms with Crippen LogP contribution in [0, 0.1) is 62.3 Å². The molecule has 0 aliphatic heterocycles. The van der Waals surface area contributed by atoms with Gasteiger partial charge < -0.3 is 4.57 Å². The molecule has 0 fully saturated rings. The summed E-state index contributed by atoms with van der Waals surface area (Å²) in [6.45, 7) is 54.4. The van der Waals surface area contributed by atoms with Crippen LogP contribution >= 0.6 is 0 Å². The molecule has 0 amide bonds. The van der Waals surface area contributed by atoms with E-state index in [1.165, 1.54) is 71.6 Å². The monoisotopic (exact) mass is 1570 g/mol. The minimum Gasteiger partial charge on any atom is -0.331 e. The van der Waals surface area contributed by atoms with Gasteiger partial charge in [0, 0.05) is 174 Å². The van der Waals surface area contributed by atoms with Crippen molar-refractivity contribution in [1.29, 1.82) is 0 Å². The maximum absolute atomic E-state index is 4.38. The quantitative estimate of drug-likeness (QED) is 0.138. The Kier molecular flexibility index (Phi) is 53.8. The van der Waals surface area contributed by atoms with Gasteiger partial charge in [0.25, 0.3) is 0 Å². The summed E-state index contributed by atoms with van der Waals surface area (Å²) in [5.74, 6) is 1.06. The van der Waals surface area contributed by atoms with Crippen LogP contribution in [0.2, 0.25) is 0 Å². The molecule has 0 atom stereocenters. The van der Waals surface area contributed by atoms with Gasteiger partial charge in [-0.05, 0) is 191 Å². The lowest BCUT2D eigenvalue weighted by Crippen LogP contribution is -1.89. The van der Waals surface area contributed by atoms with Crippen LogP contribution in [0.15, 0.2) is 270 Å². The van der Waals surface area contributed by atoms with Crippen LogP contribution in [-0.4, -0.2) is 89.3 Å². The molecule has 0 aliphatic rings. The van der Waals surface area contributed by atoms with Crippen molar-refractivity contribution < 1.29 is 0 Å². The first-order valence-electron chi connectivity index (χ1n) is 40.9. The summed E-state index contributed by atoms with van der Waals surface area (Å²) >= 11 is 0. The number of pyridine rings is 12. The van der Waals surface area contributed by atoms with E-state index < -0.39 is 0 Å². The summed E-state index contributed by atoms with van der Waals surface area (Å²) in [7, 11) is 2.03. The zero-order valence-electron chi connectivity index (χ0n) is 75.0. The first-order valence-corrected chi connectivity index (χ1v) is 40.9. The van der Waals surface area contributed by atoms with Gasteiger partial charge in [-0.2, -0.15) is 0 Å². The van der Waals surface area contributed by atoms with Crippen molar-refractivity contribution in [2.75, 3.05) is 0 Å². The number of rotatable bonds is 0. The van der Waals surface area contributed by atoms with E-state index in [1.54, 1.807) is 80.7 Å². The van der Waals surface area contributed by atoms with Gasteiger partial charge in [-0.15, -0.1) is 0 Å². The highest BCUT2D eigenvalue weighted by Crippen LogP contribution is 2.20. The number of benzene rings is 3. The largest absolute Gasteiger partial charge is 0.331 e. The van der Waals surface area contributed by atoms with Gasteiger partial charge in [0.1, 0.15) is 12.2 Å². The molecule has 18 aromatic rings. The fraction of sp³-hybridized carbons (Fsp3) is 0.283. The zero-order valence-corrected chi connectivity index (χ0v) is 75.0. The van der Waals surface area contributed by atoms with Crippen LogP contribution in [0.3, 0.4) is 0 Å². The van der Waals surface area contributed by atoms with Crippen molar-refractivity contribution in [3.05, 3.63) is 320 Å². The van der Waals surface area contributed by atoms with E-state index in [4.69, 9.17) is 0 Å². The Balaban J connectivity index is 0.000000642. The number of hydrogen-bond donors (Lipinski definition) is 0. The normalized spacial score (nSPS) is 9.20. The summed E-state index contributed by atoms with van der Waals surface area (Å²) in [5.41, 5.74) is 18.7. The van der Waals surface area contributed by atoms with Crippen molar-refractivity contribution in [3.8, 4) is 0 Å². The predicted octanol–water partition coefficient (Wildman–Crippen LogP) is 26.6. The summed E-state index contributed by atoms with van der Waals surface area (Å²) in [6.07, 6.45) is 41.3. The first kappa shape index (κ1) is 102. The standard InChI is InChI=1S/C9H10N2.8C9H8N2.9C2H6/c1-7-10-8-5-3-4-6-9(8)11(7)2;1-7-2-5-11-9-3-4-10-6-8(7)9;1-7-2-5-11-9-6-10-4-3-8(7)9;1-7-4-11-6-8-5-10-3-2-9(7)8;1-7-4-11-5-8-2-3-10-6-9(7)8;1-7-4-6-11-9-8(7)3-2-5-10-9;1-7-5-10-6-9-8(7)3-2-4-11-9;1-7-3-2-4-8-5-10-6-11-9(7)8;1-7-3-2-4-8-9(7)11-6-5-10-8;9*1-2/h3-6H,1-2H3;8*2-6H,1H3;9*1-2H3. The predicted molar refractivity (Wildman–Crippen MR) is 502 cm³/mol. The Morgan fingerprint density at radius 1 is 0.214 bits per heavy atom. The van der Waals surface area contributed by atoms with Crippen LogP contribution in [-0.2, 0) is 7.05 Å². The number of nitrogens with zero attached hydrogens (tertiary/aromatic N) is 18. The van der Waals surface area contributed by atoms with Crippen molar-refractivity contribution in [2.24, 2.45) is 7.05 Å². The highest BCUT2D eigenvalue weighted by molar-refractivity contribution is 5.86. The average Bonchev–Trinajstić information content (AvgIpc) is 1.73. The van der Waals surface area contributed by atoms with E-state index in [2.05, 4.69) is 142 Å². The van der Waals surface area contributed by atoms with Crippen molar-refractivity contribution in [1.82, 2.24) is 89.3 Å². The second-order valence-electron chi connectivity index (χ2n) is 22.9. The Bertz CT molecular complexity index is 4690. The van der Waals surface area contributed by atoms with E-state index in [1.807, 2.05) is 331 Å². The van der Waals surface area contributed by atoms with E-state index in [9.17, 15) is 0 Å². The number of aromatic nitrogens is 18. The Hall–Kier alpha value is -12.8.